The quantitative estimate of drug-likeness (QED) is 0.840. The number of aromatic nitrogens is 2. The lowest BCUT2D eigenvalue weighted by atomic mass is 10.2. The van der Waals surface area contributed by atoms with Crippen molar-refractivity contribution in [3.8, 4) is 11.6 Å². The van der Waals surface area contributed by atoms with Crippen molar-refractivity contribution < 1.29 is 4.74 Å². The van der Waals surface area contributed by atoms with Crippen LogP contribution in [-0.4, -0.2) is 23.6 Å². The number of ether oxygens (including phenoxy) is 1. The van der Waals surface area contributed by atoms with E-state index in [1.165, 1.54) is 10.8 Å². The summed E-state index contributed by atoms with van der Waals surface area (Å²) in [5.41, 5.74) is 6.92. The van der Waals surface area contributed by atoms with Crippen molar-refractivity contribution in [1.82, 2.24) is 9.55 Å². The minimum Gasteiger partial charge on any atom is -0.432 e. The third kappa shape index (κ3) is 2.67. The molecule has 1 aromatic carbocycles. The van der Waals surface area contributed by atoms with E-state index >= 15 is 0 Å². The molecule has 6 heteroatoms. The van der Waals surface area contributed by atoms with Gasteiger partial charge in [0.25, 0.3) is 5.88 Å². The van der Waals surface area contributed by atoms with Gasteiger partial charge in [0.05, 0.1) is 5.69 Å². The van der Waals surface area contributed by atoms with Gasteiger partial charge < -0.3 is 19.9 Å². The maximum Gasteiger partial charge on any atom is 0.313 e. The van der Waals surface area contributed by atoms with Gasteiger partial charge in [-0.25, -0.2) is 4.98 Å². The molecule has 1 heterocycles. The molecule has 6 nitrogen and oxygen atoms in total. The molecule has 0 radical (unpaired) electrons. The summed E-state index contributed by atoms with van der Waals surface area (Å²) >= 11 is 0. The molecule has 0 aliphatic rings. The van der Waals surface area contributed by atoms with Gasteiger partial charge in [0.15, 0.2) is 5.75 Å². The van der Waals surface area contributed by atoms with Gasteiger partial charge >= 0.3 is 5.56 Å². The van der Waals surface area contributed by atoms with Gasteiger partial charge in [0, 0.05) is 45.3 Å². The summed E-state index contributed by atoms with van der Waals surface area (Å²) in [4.78, 5) is 17.7. The number of nitrogen functional groups attached to an aromatic ring is 1. The van der Waals surface area contributed by atoms with Gasteiger partial charge in [-0.15, -0.1) is 0 Å². The SMILES string of the molecule is CN(C)c1ccc(N)c(Oc2nccn(C)c2=O)c1. The van der Waals surface area contributed by atoms with E-state index in [-0.39, 0.29) is 11.4 Å². The highest BCUT2D eigenvalue weighted by atomic mass is 16.5. The Morgan fingerprint density at radius 1 is 1.37 bits per heavy atom. The van der Waals surface area contributed by atoms with Crippen LogP contribution >= 0.6 is 0 Å². The molecule has 0 aliphatic carbocycles. The predicted octanol–water partition coefficient (Wildman–Crippen LogP) is 1.22. The Hall–Kier alpha value is -2.50. The van der Waals surface area contributed by atoms with Crippen molar-refractivity contribution in [3.63, 3.8) is 0 Å². The zero-order valence-electron chi connectivity index (χ0n) is 11.1. The van der Waals surface area contributed by atoms with Crippen LogP contribution < -0.4 is 20.9 Å². The number of anilines is 2. The number of hydrogen-bond acceptors (Lipinski definition) is 5. The maximum atomic E-state index is 11.8. The van der Waals surface area contributed by atoms with Gasteiger partial charge in [0.2, 0.25) is 0 Å². The first kappa shape index (κ1) is 12.9. The highest BCUT2D eigenvalue weighted by Crippen LogP contribution is 2.29. The normalized spacial score (nSPS) is 10.3. The minimum atomic E-state index is -0.308. The summed E-state index contributed by atoms with van der Waals surface area (Å²) in [6.45, 7) is 0. The summed E-state index contributed by atoms with van der Waals surface area (Å²) in [6.07, 6.45) is 3.07. The first-order chi connectivity index (χ1) is 8.99. The second-order valence-electron chi connectivity index (χ2n) is 4.37. The van der Waals surface area contributed by atoms with Gasteiger partial charge in [0.1, 0.15) is 0 Å². The highest BCUT2D eigenvalue weighted by molar-refractivity contribution is 5.62. The lowest BCUT2D eigenvalue weighted by molar-refractivity contribution is 0.451. The van der Waals surface area contributed by atoms with E-state index in [9.17, 15) is 4.79 Å². The fourth-order valence-electron chi connectivity index (χ4n) is 1.54. The van der Waals surface area contributed by atoms with Crippen molar-refractivity contribution in [2.45, 2.75) is 0 Å². The third-order valence-corrected chi connectivity index (χ3v) is 2.71. The van der Waals surface area contributed by atoms with Crippen molar-refractivity contribution >= 4 is 11.4 Å². The molecule has 2 N–H and O–H groups in total. The monoisotopic (exact) mass is 260 g/mol. The Labute approximate surface area is 111 Å². The Kier molecular flexibility index (Phi) is 3.41. The summed E-state index contributed by atoms with van der Waals surface area (Å²) < 4.78 is 6.91. The van der Waals surface area contributed by atoms with E-state index in [1.807, 2.05) is 25.1 Å². The fourth-order valence-corrected chi connectivity index (χ4v) is 1.54. The lowest BCUT2D eigenvalue weighted by Gasteiger charge is -2.15. The van der Waals surface area contributed by atoms with Gasteiger partial charge in [-0.2, -0.15) is 0 Å². The number of nitrogens with two attached hydrogens (primary N) is 1. The van der Waals surface area contributed by atoms with Crippen LogP contribution in [0.3, 0.4) is 0 Å². The van der Waals surface area contributed by atoms with Gasteiger partial charge in [-0.05, 0) is 12.1 Å². The van der Waals surface area contributed by atoms with Crippen molar-refractivity contribution in [3.05, 3.63) is 40.9 Å². The summed E-state index contributed by atoms with van der Waals surface area (Å²) in [5, 5.41) is 0. The number of nitrogens with zero attached hydrogens (tertiary/aromatic N) is 3. The topological polar surface area (TPSA) is 73.4 Å². The molecule has 0 amide bonds. The van der Waals surface area contributed by atoms with E-state index in [1.54, 1.807) is 25.4 Å². The van der Waals surface area contributed by atoms with Crippen LogP contribution in [0.4, 0.5) is 11.4 Å². The molecule has 19 heavy (non-hydrogen) atoms. The van der Waals surface area contributed by atoms with Crippen LogP contribution in [0.25, 0.3) is 0 Å². The second kappa shape index (κ2) is 5.01. The zero-order valence-corrected chi connectivity index (χ0v) is 11.1. The second-order valence-corrected chi connectivity index (χ2v) is 4.37. The predicted molar refractivity (Wildman–Crippen MR) is 74.7 cm³/mol. The van der Waals surface area contributed by atoms with Crippen LogP contribution in [0.2, 0.25) is 0 Å². The van der Waals surface area contributed by atoms with E-state index in [4.69, 9.17) is 10.5 Å². The fraction of sp³-hybridized carbons (Fsp3) is 0.231. The minimum absolute atomic E-state index is 0.00704. The highest BCUT2D eigenvalue weighted by Gasteiger charge is 2.09. The molecule has 2 rings (SSSR count). The van der Waals surface area contributed by atoms with Crippen molar-refractivity contribution in [2.75, 3.05) is 24.7 Å². The smallest absolute Gasteiger partial charge is 0.313 e. The molecular weight excluding hydrogens is 244 g/mol. The van der Waals surface area contributed by atoms with Crippen LogP contribution in [0.15, 0.2) is 35.4 Å². The Bertz CT molecular complexity index is 649. The molecule has 0 saturated carbocycles. The molecule has 2 aromatic rings. The molecule has 0 aliphatic heterocycles. The molecule has 0 bridgehead atoms. The summed E-state index contributed by atoms with van der Waals surface area (Å²) in [6, 6.07) is 5.38. The number of aryl methyl sites for hydroxylation is 1. The summed E-state index contributed by atoms with van der Waals surface area (Å²) in [5.74, 6) is 0.426. The van der Waals surface area contributed by atoms with E-state index < -0.39 is 0 Å². The summed E-state index contributed by atoms with van der Waals surface area (Å²) in [7, 11) is 5.46. The zero-order chi connectivity index (χ0) is 14.0. The van der Waals surface area contributed by atoms with E-state index in [0.717, 1.165) is 5.69 Å². The number of benzene rings is 1. The van der Waals surface area contributed by atoms with Crippen LogP contribution in [0.5, 0.6) is 11.6 Å². The molecule has 0 unspecified atom stereocenters. The van der Waals surface area contributed by atoms with Crippen molar-refractivity contribution in [1.29, 1.82) is 0 Å². The number of hydrogen-bond donors (Lipinski definition) is 1. The Balaban J connectivity index is 2.40. The van der Waals surface area contributed by atoms with Gasteiger partial charge in [-0.3, -0.25) is 4.79 Å². The third-order valence-electron chi connectivity index (χ3n) is 2.71. The standard InChI is InChI=1S/C13H16N4O2/c1-16(2)9-4-5-10(14)11(8-9)19-12-13(18)17(3)7-6-15-12/h4-8H,14H2,1-3H3. The maximum absolute atomic E-state index is 11.8. The first-order valence-electron chi connectivity index (χ1n) is 5.75. The van der Waals surface area contributed by atoms with E-state index in [2.05, 4.69) is 4.98 Å². The molecule has 0 atom stereocenters. The molecule has 1 aromatic heterocycles. The average Bonchev–Trinajstić information content (AvgIpc) is 2.37. The lowest BCUT2D eigenvalue weighted by Crippen LogP contribution is -2.18. The molecular formula is C13H16N4O2. The largest absolute Gasteiger partial charge is 0.432 e. The molecule has 0 fully saturated rings. The average molecular weight is 260 g/mol. The van der Waals surface area contributed by atoms with Crippen LogP contribution in [0.1, 0.15) is 0 Å². The number of rotatable bonds is 3. The van der Waals surface area contributed by atoms with Crippen LogP contribution in [0, 0.1) is 0 Å². The molecule has 0 spiro atoms. The first-order valence-corrected chi connectivity index (χ1v) is 5.75. The van der Waals surface area contributed by atoms with Crippen molar-refractivity contribution in [2.24, 2.45) is 7.05 Å². The van der Waals surface area contributed by atoms with Gasteiger partial charge in [-0.1, -0.05) is 0 Å². The molecule has 100 valence electrons. The van der Waals surface area contributed by atoms with Crippen LogP contribution in [-0.2, 0) is 7.05 Å². The molecule has 0 saturated heterocycles. The Morgan fingerprint density at radius 2 is 2.11 bits per heavy atom. The Morgan fingerprint density at radius 3 is 2.79 bits per heavy atom. The van der Waals surface area contributed by atoms with E-state index in [0.29, 0.717) is 11.4 Å².